The Kier molecular flexibility index (Phi) is 4.67. The topological polar surface area (TPSA) is 51.1 Å². The monoisotopic (exact) mass is 428 g/mol. The second kappa shape index (κ2) is 6.67. The zero-order chi connectivity index (χ0) is 17.6. The third kappa shape index (κ3) is 3.64. The number of rotatable bonds is 6. The normalized spacial score (nSPS) is 19.1. The molecule has 4 rings (SSSR count). The van der Waals surface area contributed by atoms with Crippen LogP contribution in [0.5, 0.6) is 0 Å². The van der Waals surface area contributed by atoms with Crippen LogP contribution in [0.3, 0.4) is 0 Å². The maximum atomic E-state index is 14.1. The summed E-state index contributed by atoms with van der Waals surface area (Å²) in [5, 5.41) is 0.544. The Morgan fingerprint density at radius 1 is 1.20 bits per heavy atom. The van der Waals surface area contributed by atoms with Crippen molar-refractivity contribution in [3.8, 4) is 0 Å². The molecule has 1 aromatic heterocycles. The Morgan fingerprint density at radius 2 is 1.92 bits per heavy atom. The van der Waals surface area contributed by atoms with Crippen LogP contribution in [0.2, 0.25) is 0 Å². The van der Waals surface area contributed by atoms with Gasteiger partial charge in [0, 0.05) is 30.2 Å². The molecule has 2 aliphatic rings. The number of fused-ring (bicyclic) bond motifs is 1. The van der Waals surface area contributed by atoms with Gasteiger partial charge in [-0.25, -0.2) is 17.5 Å². The summed E-state index contributed by atoms with van der Waals surface area (Å²) in [7, 11) is -3.25. The molecule has 1 heterocycles. The van der Waals surface area contributed by atoms with Crippen LogP contribution in [0, 0.1) is 11.7 Å². The summed E-state index contributed by atoms with van der Waals surface area (Å²) in [6.07, 6.45) is 8.47. The van der Waals surface area contributed by atoms with E-state index in [1.54, 1.807) is 6.07 Å². The fourth-order valence-corrected chi connectivity index (χ4v) is 5.48. The van der Waals surface area contributed by atoms with Crippen LogP contribution in [0.15, 0.2) is 22.8 Å². The van der Waals surface area contributed by atoms with Gasteiger partial charge in [0.05, 0.1) is 9.72 Å². The van der Waals surface area contributed by atoms with Gasteiger partial charge in [0.1, 0.15) is 5.82 Å². The minimum Gasteiger partial charge on any atom is -0.347 e. The molecule has 25 heavy (non-hydrogen) atoms. The second-order valence-corrected chi connectivity index (χ2v) is 10.2. The van der Waals surface area contributed by atoms with Gasteiger partial charge in [-0.2, -0.15) is 0 Å². The summed E-state index contributed by atoms with van der Waals surface area (Å²) in [6, 6.07) is 3.31. The average Bonchev–Trinajstić information content (AvgIpc) is 3.24. The molecule has 0 radical (unpaired) electrons. The molecule has 0 saturated heterocycles. The minimum atomic E-state index is -3.25. The van der Waals surface area contributed by atoms with Crippen LogP contribution in [-0.2, 0) is 23.1 Å². The SMILES string of the molecule is O=S(=O)(NCc1cn(CC2CCCC2)c2cc(Br)c(F)cc12)C1CC1. The largest absolute Gasteiger partial charge is 0.347 e. The number of nitrogens with one attached hydrogen (secondary N) is 1. The Labute approximate surface area is 156 Å². The smallest absolute Gasteiger partial charge is 0.214 e. The number of aromatic nitrogens is 1. The standard InChI is InChI=1S/C18H22BrFN2O2S/c19-16-8-18-15(7-17(16)20)13(9-21-25(23,24)14-5-6-14)11-22(18)10-12-3-1-2-4-12/h7-8,11-12,14,21H,1-6,9-10H2. The van der Waals surface area contributed by atoms with Crippen molar-refractivity contribution in [1.29, 1.82) is 0 Å². The van der Waals surface area contributed by atoms with E-state index in [4.69, 9.17) is 0 Å². The van der Waals surface area contributed by atoms with Crippen LogP contribution >= 0.6 is 15.9 Å². The predicted octanol–water partition coefficient (Wildman–Crippen LogP) is 4.31. The second-order valence-electron chi connectivity index (χ2n) is 7.31. The van der Waals surface area contributed by atoms with Gasteiger partial charge in [-0.15, -0.1) is 0 Å². The van der Waals surface area contributed by atoms with Crippen molar-refractivity contribution < 1.29 is 12.8 Å². The molecular weight excluding hydrogens is 407 g/mol. The number of sulfonamides is 1. The van der Waals surface area contributed by atoms with E-state index in [1.165, 1.54) is 31.7 Å². The lowest BCUT2D eigenvalue weighted by Crippen LogP contribution is -2.26. The van der Waals surface area contributed by atoms with Crippen molar-refractivity contribution in [2.24, 2.45) is 5.92 Å². The zero-order valence-corrected chi connectivity index (χ0v) is 16.4. The molecule has 1 aromatic carbocycles. The molecule has 2 aliphatic carbocycles. The van der Waals surface area contributed by atoms with Crippen LogP contribution in [-0.4, -0.2) is 18.2 Å². The molecule has 2 saturated carbocycles. The molecule has 2 fully saturated rings. The van der Waals surface area contributed by atoms with Gasteiger partial charge in [0.15, 0.2) is 0 Å². The van der Waals surface area contributed by atoms with Crippen molar-refractivity contribution in [1.82, 2.24) is 9.29 Å². The Morgan fingerprint density at radius 3 is 2.60 bits per heavy atom. The lowest BCUT2D eigenvalue weighted by Gasteiger charge is -2.11. The molecule has 0 unspecified atom stereocenters. The molecular formula is C18H22BrFN2O2S. The molecule has 4 nitrogen and oxygen atoms in total. The van der Waals surface area contributed by atoms with E-state index < -0.39 is 10.0 Å². The Hall–Kier alpha value is -0.920. The molecule has 0 amide bonds. The fourth-order valence-electron chi connectivity index (χ4n) is 3.80. The Balaban J connectivity index is 1.66. The molecule has 0 bridgehead atoms. The number of benzene rings is 1. The van der Waals surface area contributed by atoms with Crippen molar-refractivity contribution in [2.45, 2.75) is 56.9 Å². The van der Waals surface area contributed by atoms with E-state index in [0.29, 0.717) is 10.4 Å². The van der Waals surface area contributed by atoms with E-state index in [-0.39, 0.29) is 17.6 Å². The predicted molar refractivity (Wildman–Crippen MR) is 100 cm³/mol. The van der Waals surface area contributed by atoms with Crippen LogP contribution < -0.4 is 4.72 Å². The first-order valence-electron chi connectivity index (χ1n) is 8.89. The van der Waals surface area contributed by atoms with E-state index >= 15 is 0 Å². The number of nitrogens with zero attached hydrogens (tertiary/aromatic N) is 1. The van der Waals surface area contributed by atoms with Crippen molar-refractivity contribution >= 4 is 36.9 Å². The Bertz CT molecular complexity index is 899. The zero-order valence-electron chi connectivity index (χ0n) is 14.0. The van der Waals surface area contributed by atoms with E-state index in [9.17, 15) is 12.8 Å². The van der Waals surface area contributed by atoms with Crippen LogP contribution in [0.4, 0.5) is 4.39 Å². The van der Waals surface area contributed by atoms with E-state index in [1.807, 2.05) is 6.20 Å². The first-order chi connectivity index (χ1) is 11.9. The van der Waals surface area contributed by atoms with Crippen molar-refractivity contribution in [2.75, 3.05) is 0 Å². The molecule has 0 spiro atoms. The van der Waals surface area contributed by atoms with Gasteiger partial charge < -0.3 is 4.57 Å². The lowest BCUT2D eigenvalue weighted by atomic mass is 10.1. The van der Waals surface area contributed by atoms with Gasteiger partial charge in [0.25, 0.3) is 0 Å². The summed E-state index contributed by atoms with van der Waals surface area (Å²) in [5.74, 6) is 0.327. The highest BCUT2D eigenvalue weighted by molar-refractivity contribution is 9.10. The van der Waals surface area contributed by atoms with Gasteiger partial charge in [-0.1, -0.05) is 12.8 Å². The summed E-state index contributed by atoms with van der Waals surface area (Å²) >= 11 is 3.27. The quantitative estimate of drug-likeness (QED) is 0.744. The highest BCUT2D eigenvalue weighted by atomic mass is 79.9. The summed E-state index contributed by atoms with van der Waals surface area (Å²) in [4.78, 5) is 0. The molecule has 136 valence electrons. The fraction of sp³-hybridized carbons (Fsp3) is 0.556. The van der Waals surface area contributed by atoms with Crippen LogP contribution in [0.25, 0.3) is 10.9 Å². The maximum Gasteiger partial charge on any atom is 0.214 e. The molecule has 0 aliphatic heterocycles. The third-order valence-electron chi connectivity index (χ3n) is 5.36. The number of halogens is 2. The number of hydrogen-bond acceptors (Lipinski definition) is 2. The highest BCUT2D eigenvalue weighted by Gasteiger charge is 2.35. The molecule has 2 aromatic rings. The van der Waals surface area contributed by atoms with Crippen molar-refractivity contribution in [3.05, 3.63) is 34.2 Å². The minimum absolute atomic E-state index is 0.216. The molecule has 7 heteroatoms. The van der Waals surface area contributed by atoms with Gasteiger partial charge in [-0.3, -0.25) is 0 Å². The van der Waals surface area contributed by atoms with Crippen LogP contribution in [0.1, 0.15) is 44.1 Å². The van der Waals surface area contributed by atoms with Gasteiger partial charge in [0.2, 0.25) is 10.0 Å². The average molecular weight is 429 g/mol. The molecule has 0 atom stereocenters. The van der Waals surface area contributed by atoms with E-state index in [2.05, 4.69) is 25.2 Å². The maximum absolute atomic E-state index is 14.1. The van der Waals surface area contributed by atoms with Crippen molar-refractivity contribution in [3.63, 3.8) is 0 Å². The first kappa shape index (κ1) is 17.5. The summed E-state index contributed by atoms with van der Waals surface area (Å²) in [6.45, 7) is 1.12. The third-order valence-corrected chi connectivity index (χ3v) is 7.87. The lowest BCUT2D eigenvalue weighted by molar-refractivity contribution is 0.465. The summed E-state index contributed by atoms with van der Waals surface area (Å²) in [5.41, 5.74) is 1.80. The summed E-state index contributed by atoms with van der Waals surface area (Å²) < 4.78 is 43.6. The van der Waals surface area contributed by atoms with E-state index in [0.717, 1.165) is 35.9 Å². The molecule has 1 N–H and O–H groups in total. The van der Waals surface area contributed by atoms with Gasteiger partial charge in [-0.05, 0) is 65.2 Å². The highest BCUT2D eigenvalue weighted by Crippen LogP contribution is 2.32. The van der Waals surface area contributed by atoms with Gasteiger partial charge >= 0.3 is 0 Å². The number of hydrogen-bond donors (Lipinski definition) is 1. The first-order valence-corrected chi connectivity index (χ1v) is 11.2.